The topological polar surface area (TPSA) is 99.2 Å². The fourth-order valence-electron chi connectivity index (χ4n) is 2.26. The number of amides is 3. The Morgan fingerprint density at radius 1 is 1.04 bits per heavy atom. The van der Waals surface area contributed by atoms with Crippen LogP contribution in [0.2, 0.25) is 0 Å². The molecule has 0 aromatic carbocycles. The second-order valence-electron chi connectivity index (χ2n) is 6.96. The normalized spacial score (nSPS) is 17.0. The highest BCUT2D eigenvalue weighted by atomic mass is 16.6. The number of ether oxygens (including phenoxy) is 1. The Bertz CT molecular complexity index is 451. The summed E-state index contributed by atoms with van der Waals surface area (Å²) in [5.41, 5.74) is -0.637. The predicted octanol–water partition coefficient (Wildman–Crippen LogP) is 1.36. The van der Waals surface area contributed by atoms with Crippen LogP contribution in [0.15, 0.2) is 0 Å². The number of nitrogens with one attached hydrogen (secondary N) is 1. The Morgan fingerprint density at radius 3 is 1.91 bits per heavy atom. The predicted molar refractivity (Wildman–Crippen MR) is 84.2 cm³/mol. The summed E-state index contributed by atoms with van der Waals surface area (Å²) < 4.78 is 5.20. The first kappa shape index (κ1) is 19.1. The Labute approximate surface area is 136 Å². The van der Waals surface area contributed by atoms with E-state index in [-0.39, 0.29) is 24.9 Å². The van der Waals surface area contributed by atoms with Crippen molar-refractivity contribution in [3.8, 4) is 0 Å². The molecule has 1 heterocycles. The first-order valence-electron chi connectivity index (χ1n) is 7.77. The van der Waals surface area contributed by atoms with Crippen LogP contribution in [-0.4, -0.2) is 70.8 Å². The third-order valence-electron chi connectivity index (χ3n) is 3.47. The van der Waals surface area contributed by atoms with Crippen LogP contribution in [0.1, 0.15) is 34.6 Å². The van der Waals surface area contributed by atoms with Gasteiger partial charge in [0.05, 0.1) is 0 Å². The van der Waals surface area contributed by atoms with Crippen molar-refractivity contribution in [1.82, 2.24) is 15.1 Å². The zero-order chi connectivity index (χ0) is 17.8. The van der Waals surface area contributed by atoms with E-state index in [0.29, 0.717) is 13.1 Å². The molecule has 132 valence electrons. The van der Waals surface area contributed by atoms with E-state index in [1.54, 1.807) is 25.7 Å². The van der Waals surface area contributed by atoms with Gasteiger partial charge in [0, 0.05) is 26.2 Å². The second kappa shape index (κ2) is 7.52. The molecule has 0 aromatic heterocycles. The van der Waals surface area contributed by atoms with Crippen molar-refractivity contribution < 1.29 is 24.2 Å². The van der Waals surface area contributed by atoms with Gasteiger partial charge in [-0.2, -0.15) is 0 Å². The lowest BCUT2D eigenvalue weighted by Gasteiger charge is -2.36. The van der Waals surface area contributed by atoms with Crippen molar-refractivity contribution in [1.29, 1.82) is 0 Å². The lowest BCUT2D eigenvalue weighted by atomic mass is 10.0. The minimum Gasteiger partial charge on any atom is -0.465 e. The van der Waals surface area contributed by atoms with Crippen LogP contribution >= 0.6 is 0 Å². The molecule has 1 rings (SSSR count). The van der Waals surface area contributed by atoms with E-state index in [2.05, 4.69) is 5.32 Å². The fourth-order valence-corrected chi connectivity index (χ4v) is 2.26. The van der Waals surface area contributed by atoms with Crippen LogP contribution in [0.3, 0.4) is 0 Å². The lowest BCUT2D eigenvalue weighted by Crippen LogP contribution is -2.57. The fraction of sp³-hybridized carbons (Fsp3) is 0.800. The van der Waals surface area contributed by atoms with E-state index in [4.69, 9.17) is 9.84 Å². The van der Waals surface area contributed by atoms with E-state index in [0.717, 1.165) is 0 Å². The van der Waals surface area contributed by atoms with Crippen molar-refractivity contribution in [2.24, 2.45) is 5.92 Å². The van der Waals surface area contributed by atoms with E-state index in [9.17, 15) is 14.4 Å². The van der Waals surface area contributed by atoms with Gasteiger partial charge in [-0.05, 0) is 26.7 Å². The third-order valence-corrected chi connectivity index (χ3v) is 3.47. The van der Waals surface area contributed by atoms with Crippen LogP contribution in [0.4, 0.5) is 9.59 Å². The smallest absolute Gasteiger partial charge is 0.408 e. The van der Waals surface area contributed by atoms with Crippen LogP contribution in [0.5, 0.6) is 0 Å². The molecule has 2 N–H and O–H groups in total. The summed E-state index contributed by atoms with van der Waals surface area (Å²) in [7, 11) is 0. The van der Waals surface area contributed by atoms with Crippen molar-refractivity contribution in [2.75, 3.05) is 26.2 Å². The number of carboxylic acid groups (broad SMARTS) is 1. The molecule has 23 heavy (non-hydrogen) atoms. The molecule has 0 bridgehead atoms. The maximum atomic E-state index is 12.6. The van der Waals surface area contributed by atoms with Gasteiger partial charge in [0.25, 0.3) is 0 Å². The van der Waals surface area contributed by atoms with Gasteiger partial charge >= 0.3 is 12.2 Å². The number of rotatable bonds is 3. The molecular weight excluding hydrogens is 302 g/mol. The molecule has 0 aromatic rings. The molecule has 1 aliphatic heterocycles. The summed E-state index contributed by atoms with van der Waals surface area (Å²) in [6.45, 7) is 10.1. The second-order valence-corrected chi connectivity index (χ2v) is 6.96. The number of hydrogen-bond donors (Lipinski definition) is 2. The molecule has 8 nitrogen and oxygen atoms in total. The summed E-state index contributed by atoms with van der Waals surface area (Å²) in [5, 5.41) is 11.6. The first-order valence-corrected chi connectivity index (χ1v) is 7.77. The first-order chi connectivity index (χ1) is 10.5. The molecule has 0 radical (unpaired) electrons. The van der Waals surface area contributed by atoms with Gasteiger partial charge in [-0.3, -0.25) is 4.79 Å². The average molecular weight is 329 g/mol. The van der Waals surface area contributed by atoms with Crippen LogP contribution in [0.25, 0.3) is 0 Å². The van der Waals surface area contributed by atoms with Gasteiger partial charge in [-0.25, -0.2) is 9.59 Å². The van der Waals surface area contributed by atoms with Gasteiger partial charge in [-0.1, -0.05) is 13.8 Å². The Kier molecular flexibility index (Phi) is 6.23. The van der Waals surface area contributed by atoms with Gasteiger partial charge < -0.3 is 25.0 Å². The molecule has 1 unspecified atom stereocenters. The minimum absolute atomic E-state index is 0.104. The molecule has 8 heteroatoms. The highest BCUT2D eigenvalue weighted by Crippen LogP contribution is 2.12. The number of carbonyl (C=O) groups excluding carboxylic acids is 2. The lowest BCUT2D eigenvalue weighted by molar-refractivity contribution is -0.136. The zero-order valence-electron chi connectivity index (χ0n) is 14.5. The van der Waals surface area contributed by atoms with Crippen molar-refractivity contribution in [2.45, 2.75) is 46.3 Å². The Morgan fingerprint density at radius 2 is 1.52 bits per heavy atom. The van der Waals surface area contributed by atoms with Crippen molar-refractivity contribution in [3.63, 3.8) is 0 Å². The summed E-state index contributed by atoms with van der Waals surface area (Å²) >= 11 is 0. The molecule has 0 aliphatic carbocycles. The SMILES string of the molecule is CC(C)C(NC(=O)OC(C)(C)C)C(=O)N1CCN(C(=O)O)CC1. The average Bonchev–Trinajstić information content (AvgIpc) is 2.42. The van der Waals surface area contributed by atoms with Crippen LogP contribution in [-0.2, 0) is 9.53 Å². The van der Waals surface area contributed by atoms with Crippen LogP contribution < -0.4 is 5.32 Å². The highest BCUT2D eigenvalue weighted by molar-refractivity contribution is 5.86. The monoisotopic (exact) mass is 329 g/mol. The quantitative estimate of drug-likeness (QED) is 0.814. The molecule has 1 saturated heterocycles. The maximum Gasteiger partial charge on any atom is 0.408 e. The number of hydrogen-bond acceptors (Lipinski definition) is 4. The summed E-state index contributed by atoms with van der Waals surface area (Å²) in [5.74, 6) is -0.316. The molecule has 0 spiro atoms. The number of piperazine rings is 1. The Balaban J connectivity index is 2.65. The van der Waals surface area contributed by atoms with Crippen LogP contribution in [0, 0.1) is 5.92 Å². The molecule has 1 aliphatic rings. The van der Waals surface area contributed by atoms with Gasteiger partial charge in [-0.15, -0.1) is 0 Å². The molecule has 0 saturated carbocycles. The number of alkyl carbamates (subject to hydrolysis) is 1. The minimum atomic E-state index is -0.982. The number of nitrogens with zero attached hydrogens (tertiary/aromatic N) is 2. The summed E-state index contributed by atoms with van der Waals surface area (Å²) in [6, 6.07) is -0.693. The zero-order valence-corrected chi connectivity index (χ0v) is 14.5. The van der Waals surface area contributed by atoms with E-state index in [1.165, 1.54) is 4.90 Å². The standard InChI is InChI=1S/C15H27N3O5/c1-10(2)11(16-13(20)23-15(3,4)5)12(19)17-6-8-18(9-7-17)14(21)22/h10-11H,6-9H2,1-5H3,(H,16,20)(H,21,22). The number of carbonyl (C=O) groups is 3. The summed E-state index contributed by atoms with van der Waals surface area (Å²) in [4.78, 5) is 38.3. The highest BCUT2D eigenvalue weighted by Gasteiger charge is 2.32. The van der Waals surface area contributed by atoms with E-state index < -0.39 is 23.8 Å². The largest absolute Gasteiger partial charge is 0.465 e. The summed E-state index contributed by atoms with van der Waals surface area (Å²) in [6.07, 6.45) is -1.61. The third kappa shape index (κ3) is 5.96. The van der Waals surface area contributed by atoms with Gasteiger partial charge in [0.15, 0.2) is 0 Å². The van der Waals surface area contributed by atoms with Crippen molar-refractivity contribution >= 4 is 18.1 Å². The van der Waals surface area contributed by atoms with E-state index in [1.807, 2.05) is 13.8 Å². The maximum absolute atomic E-state index is 12.6. The molecule has 3 amide bonds. The Hall–Kier alpha value is -1.99. The van der Waals surface area contributed by atoms with Gasteiger partial charge in [0.1, 0.15) is 11.6 Å². The van der Waals surface area contributed by atoms with E-state index >= 15 is 0 Å². The molecular formula is C15H27N3O5. The van der Waals surface area contributed by atoms with Gasteiger partial charge in [0.2, 0.25) is 5.91 Å². The molecule has 1 fully saturated rings. The molecule has 1 atom stereocenters. The van der Waals surface area contributed by atoms with Crippen molar-refractivity contribution in [3.05, 3.63) is 0 Å².